The number of aliphatic hydroxyl groups excluding tert-OH is 1. The van der Waals surface area contributed by atoms with Crippen molar-refractivity contribution >= 4 is 23.5 Å². The normalized spacial score (nSPS) is 10.2. The first-order chi connectivity index (χ1) is 10.2. The molecule has 4 N–H and O–H groups in total. The molecule has 1 amide bonds. The van der Waals surface area contributed by atoms with Crippen LogP contribution in [0.15, 0.2) is 47.4 Å². The summed E-state index contributed by atoms with van der Waals surface area (Å²) in [5.41, 5.74) is 1.79. The van der Waals surface area contributed by atoms with Crippen LogP contribution in [0.5, 0.6) is 5.75 Å². The molecule has 2 rings (SSSR count). The highest BCUT2D eigenvalue weighted by atomic mass is 32.2. The summed E-state index contributed by atoms with van der Waals surface area (Å²) in [5.74, 6) is 0.352. The molecule has 0 spiro atoms. The molecule has 6 heteroatoms. The molecule has 2 aromatic rings. The largest absolute Gasteiger partial charge is 0.495 e. The zero-order valence-corrected chi connectivity index (χ0v) is 12.3. The van der Waals surface area contributed by atoms with Crippen LogP contribution >= 0.6 is 11.9 Å². The van der Waals surface area contributed by atoms with Crippen LogP contribution in [0.3, 0.4) is 0 Å². The Labute approximate surface area is 127 Å². The van der Waals surface area contributed by atoms with Gasteiger partial charge in [0.05, 0.1) is 18.6 Å². The van der Waals surface area contributed by atoms with Gasteiger partial charge in [-0.15, -0.1) is 0 Å². The van der Waals surface area contributed by atoms with E-state index in [-0.39, 0.29) is 12.5 Å². The second-order valence-electron chi connectivity index (χ2n) is 4.30. The average molecular weight is 304 g/mol. The van der Waals surface area contributed by atoms with Crippen molar-refractivity contribution in [2.75, 3.05) is 12.4 Å². The number of nitrogens with one attached hydrogen (secondary N) is 1. The summed E-state index contributed by atoms with van der Waals surface area (Å²) in [4.78, 5) is 13.0. The zero-order chi connectivity index (χ0) is 15.2. The van der Waals surface area contributed by atoms with E-state index in [2.05, 4.69) is 5.32 Å². The van der Waals surface area contributed by atoms with Crippen LogP contribution in [0.2, 0.25) is 0 Å². The van der Waals surface area contributed by atoms with Crippen molar-refractivity contribution in [2.45, 2.75) is 11.5 Å². The molecule has 0 bridgehead atoms. The van der Waals surface area contributed by atoms with Crippen LogP contribution < -0.4 is 15.2 Å². The van der Waals surface area contributed by atoms with Crippen LogP contribution in [0, 0.1) is 0 Å². The van der Waals surface area contributed by atoms with Gasteiger partial charge in [-0.25, -0.2) is 0 Å². The molecule has 0 saturated heterocycles. The highest BCUT2D eigenvalue weighted by Crippen LogP contribution is 2.29. The molecule has 0 atom stereocenters. The highest BCUT2D eigenvalue weighted by Gasteiger charge is 2.09. The van der Waals surface area contributed by atoms with Gasteiger partial charge in [-0.05, 0) is 41.8 Å². The third-order valence-corrected chi connectivity index (χ3v) is 3.51. The number of anilines is 1. The summed E-state index contributed by atoms with van der Waals surface area (Å²) >= 11 is 1.08. The lowest BCUT2D eigenvalue weighted by Gasteiger charge is -2.10. The topological polar surface area (TPSA) is 84.6 Å². The van der Waals surface area contributed by atoms with Crippen LogP contribution in [-0.2, 0) is 6.61 Å². The number of benzene rings is 2. The van der Waals surface area contributed by atoms with Gasteiger partial charge < -0.3 is 15.2 Å². The van der Waals surface area contributed by atoms with E-state index < -0.39 is 0 Å². The summed E-state index contributed by atoms with van der Waals surface area (Å²) in [5, 5.41) is 17.4. The summed E-state index contributed by atoms with van der Waals surface area (Å²) in [6.07, 6.45) is 0. The predicted octanol–water partition coefficient (Wildman–Crippen LogP) is 2.41. The number of methoxy groups -OCH3 is 1. The number of hydrogen-bond donors (Lipinski definition) is 3. The Morgan fingerprint density at radius 3 is 2.81 bits per heavy atom. The number of carbonyl (C=O) groups excluding carboxylic acids is 1. The van der Waals surface area contributed by atoms with Crippen LogP contribution in [0.1, 0.15) is 15.9 Å². The number of amides is 1. The van der Waals surface area contributed by atoms with Gasteiger partial charge in [0.25, 0.3) is 5.91 Å². The number of carbonyl (C=O) groups is 1. The minimum atomic E-state index is -0.250. The molecule has 110 valence electrons. The van der Waals surface area contributed by atoms with Gasteiger partial charge >= 0.3 is 0 Å². The van der Waals surface area contributed by atoms with Crippen molar-refractivity contribution in [3.05, 3.63) is 53.6 Å². The molecule has 0 unspecified atom stereocenters. The number of nitrogens with two attached hydrogens (primary N) is 1. The molecule has 0 heterocycles. The van der Waals surface area contributed by atoms with E-state index in [1.54, 1.807) is 49.6 Å². The molecule has 0 aliphatic carbocycles. The second kappa shape index (κ2) is 7.12. The first-order valence-corrected chi connectivity index (χ1v) is 7.12. The van der Waals surface area contributed by atoms with E-state index in [0.717, 1.165) is 16.8 Å². The molecular formula is C15H16N2O3S. The Kier molecular flexibility index (Phi) is 5.21. The molecular weight excluding hydrogens is 288 g/mol. The van der Waals surface area contributed by atoms with E-state index in [9.17, 15) is 4.79 Å². The van der Waals surface area contributed by atoms with Crippen molar-refractivity contribution in [2.24, 2.45) is 5.14 Å². The average Bonchev–Trinajstić information content (AvgIpc) is 2.54. The maximum atomic E-state index is 12.2. The Morgan fingerprint density at radius 1 is 1.33 bits per heavy atom. The fourth-order valence-electron chi connectivity index (χ4n) is 1.86. The molecule has 21 heavy (non-hydrogen) atoms. The maximum absolute atomic E-state index is 12.2. The van der Waals surface area contributed by atoms with Crippen LogP contribution in [0.25, 0.3) is 0 Å². The van der Waals surface area contributed by atoms with Gasteiger partial charge in [0.1, 0.15) is 5.75 Å². The first kappa shape index (κ1) is 15.4. The van der Waals surface area contributed by atoms with Crippen molar-refractivity contribution < 1.29 is 14.6 Å². The summed E-state index contributed by atoms with van der Waals surface area (Å²) in [7, 11) is 1.55. The van der Waals surface area contributed by atoms with Gasteiger partial charge in [-0.2, -0.15) is 0 Å². The molecule has 0 saturated carbocycles. The Morgan fingerprint density at radius 2 is 2.14 bits per heavy atom. The van der Waals surface area contributed by atoms with Gasteiger partial charge in [-0.1, -0.05) is 12.1 Å². The van der Waals surface area contributed by atoms with E-state index in [0.29, 0.717) is 22.6 Å². The SMILES string of the molecule is COc1cc(NC(=O)c2cccc(CO)c2)ccc1SN. The maximum Gasteiger partial charge on any atom is 0.255 e. The lowest BCUT2D eigenvalue weighted by molar-refractivity contribution is 0.102. The van der Waals surface area contributed by atoms with Gasteiger partial charge in [0.2, 0.25) is 0 Å². The summed E-state index contributed by atoms with van der Waals surface area (Å²) in [6.45, 7) is -0.0998. The standard InChI is InChI=1S/C15H16N2O3S/c1-20-13-8-12(5-6-14(13)21-16)17-15(19)11-4-2-3-10(7-11)9-18/h2-8,18H,9,16H2,1H3,(H,17,19). The minimum Gasteiger partial charge on any atom is -0.495 e. The number of hydrogen-bond acceptors (Lipinski definition) is 5. The predicted molar refractivity (Wildman–Crippen MR) is 83.4 cm³/mol. The van der Waals surface area contributed by atoms with Crippen molar-refractivity contribution in [3.8, 4) is 5.75 Å². The molecule has 0 aliphatic heterocycles. The number of aliphatic hydroxyl groups is 1. The second-order valence-corrected chi connectivity index (χ2v) is 4.97. The van der Waals surface area contributed by atoms with Crippen molar-refractivity contribution in [3.63, 3.8) is 0 Å². The Bertz CT molecular complexity index is 647. The van der Waals surface area contributed by atoms with Crippen molar-refractivity contribution in [1.82, 2.24) is 0 Å². The third-order valence-electron chi connectivity index (χ3n) is 2.92. The molecule has 2 aromatic carbocycles. The Hall–Kier alpha value is -2.02. The third kappa shape index (κ3) is 3.75. The van der Waals surface area contributed by atoms with Crippen LogP contribution in [-0.4, -0.2) is 18.1 Å². The molecule has 5 nitrogen and oxygen atoms in total. The summed E-state index contributed by atoms with van der Waals surface area (Å²) in [6, 6.07) is 12.1. The smallest absolute Gasteiger partial charge is 0.255 e. The quantitative estimate of drug-likeness (QED) is 0.739. The van der Waals surface area contributed by atoms with Gasteiger partial charge in [0.15, 0.2) is 0 Å². The van der Waals surface area contributed by atoms with Gasteiger partial charge in [0, 0.05) is 17.3 Å². The highest BCUT2D eigenvalue weighted by molar-refractivity contribution is 7.97. The van der Waals surface area contributed by atoms with E-state index in [1.807, 2.05) is 0 Å². The minimum absolute atomic E-state index is 0.0998. The first-order valence-electron chi connectivity index (χ1n) is 6.24. The zero-order valence-electron chi connectivity index (χ0n) is 11.5. The fraction of sp³-hybridized carbons (Fsp3) is 0.133. The lowest BCUT2D eigenvalue weighted by Crippen LogP contribution is -2.12. The lowest BCUT2D eigenvalue weighted by atomic mass is 10.1. The number of ether oxygens (including phenoxy) is 1. The number of rotatable bonds is 5. The van der Waals surface area contributed by atoms with Gasteiger partial charge in [-0.3, -0.25) is 9.93 Å². The van der Waals surface area contributed by atoms with E-state index >= 15 is 0 Å². The van der Waals surface area contributed by atoms with Crippen LogP contribution in [0.4, 0.5) is 5.69 Å². The Balaban J connectivity index is 2.19. The molecule has 0 fully saturated rings. The molecule has 0 aliphatic rings. The van der Waals surface area contributed by atoms with E-state index in [1.165, 1.54) is 0 Å². The van der Waals surface area contributed by atoms with Crippen molar-refractivity contribution in [1.29, 1.82) is 0 Å². The molecule has 0 aromatic heterocycles. The summed E-state index contributed by atoms with van der Waals surface area (Å²) < 4.78 is 5.22. The monoisotopic (exact) mass is 304 g/mol. The fourth-order valence-corrected chi connectivity index (χ4v) is 2.26. The van der Waals surface area contributed by atoms with E-state index in [4.69, 9.17) is 15.0 Å². The molecule has 0 radical (unpaired) electrons.